The summed E-state index contributed by atoms with van der Waals surface area (Å²) in [6, 6.07) is 11.7. The summed E-state index contributed by atoms with van der Waals surface area (Å²) in [6.45, 7) is 4.45. The lowest BCUT2D eigenvalue weighted by Crippen LogP contribution is -2.38. The second-order valence-electron chi connectivity index (χ2n) is 5.11. The van der Waals surface area contributed by atoms with Crippen LogP contribution in [0.25, 0.3) is 0 Å². The van der Waals surface area contributed by atoms with Gasteiger partial charge in [0.1, 0.15) is 0 Å². The normalized spacial score (nSPS) is 10.3. The second kappa shape index (κ2) is 7.75. The summed E-state index contributed by atoms with van der Waals surface area (Å²) >= 11 is 1.57. The summed E-state index contributed by atoms with van der Waals surface area (Å²) in [5.74, 6) is -0.0498. The van der Waals surface area contributed by atoms with E-state index in [1.54, 1.807) is 16.2 Å². The van der Waals surface area contributed by atoms with Crippen LogP contribution in [-0.2, 0) is 16.0 Å². The van der Waals surface area contributed by atoms with E-state index in [2.05, 4.69) is 5.32 Å². The van der Waals surface area contributed by atoms with Crippen molar-refractivity contribution in [2.45, 2.75) is 20.3 Å². The summed E-state index contributed by atoms with van der Waals surface area (Å²) in [6.07, 6.45) is 0.391. The van der Waals surface area contributed by atoms with Crippen molar-refractivity contribution >= 4 is 28.8 Å². The number of amides is 2. The zero-order valence-corrected chi connectivity index (χ0v) is 13.7. The van der Waals surface area contributed by atoms with Crippen molar-refractivity contribution in [3.05, 3.63) is 52.2 Å². The maximum absolute atomic E-state index is 11.8. The quantitative estimate of drug-likeness (QED) is 0.891. The fraction of sp³-hybridized carbons (Fsp3) is 0.294. The van der Waals surface area contributed by atoms with E-state index in [1.807, 2.05) is 48.7 Å². The maximum Gasteiger partial charge on any atom is 0.225 e. The number of benzene rings is 1. The van der Waals surface area contributed by atoms with E-state index in [0.717, 1.165) is 16.1 Å². The second-order valence-corrected chi connectivity index (χ2v) is 6.14. The predicted molar refractivity (Wildman–Crippen MR) is 90.2 cm³/mol. The van der Waals surface area contributed by atoms with E-state index in [1.165, 1.54) is 6.92 Å². The first-order chi connectivity index (χ1) is 10.6. The number of carbonyl (C=O) groups excluding carboxylic acids is 2. The Morgan fingerprint density at radius 2 is 1.91 bits per heavy atom. The van der Waals surface area contributed by atoms with Crippen LogP contribution in [0.4, 0.5) is 5.69 Å². The van der Waals surface area contributed by atoms with Gasteiger partial charge < -0.3 is 10.2 Å². The van der Waals surface area contributed by atoms with Crippen LogP contribution < -0.4 is 10.2 Å². The molecule has 5 heteroatoms. The van der Waals surface area contributed by atoms with Gasteiger partial charge in [0.05, 0.1) is 6.42 Å². The number of nitrogens with one attached hydrogen (secondary N) is 1. The SMILES string of the molecule is CC(=O)N(CCNC(=O)Cc1cccs1)c1ccc(C)cc1. The molecule has 0 bridgehead atoms. The molecular weight excluding hydrogens is 296 g/mol. The third-order valence-corrected chi connectivity index (χ3v) is 4.17. The van der Waals surface area contributed by atoms with E-state index >= 15 is 0 Å². The molecule has 22 heavy (non-hydrogen) atoms. The molecule has 1 aromatic carbocycles. The summed E-state index contributed by atoms with van der Waals surface area (Å²) in [5, 5.41) is 4.82. The molecule has 0 fully saturated rings. The Morgan fingerprint density at radius 1 is 1.18 bits per heavy atom. The van der Waals surface area contributed by atoms with Crippen LogP contribution in [0.3, 0.4) is 0 Å². The van der Waals surface area contributed by atoms with Gasteiger partial charge in [0.15, 0.2) is 0 Å². The highest BCUT2D eigenvalue weighted by molar-refractivity contribution is 7.10. The number of aryl methyl sites for hydroxylation is 1. The van der Waals surface area contributed by atoms with Gasteiger partial charge in [-0.25, -0.2) is 0 Å². The van der Waals surface area contributed by atoms with Crippen LogP contribution in [0, 0.1) is 6.92 Å². The van der Waals surface area contributed by atoms with E-state index < -0.39 is 0 Å². The van der Waals surface area contributed by atoms with Crippen molar-refractivity contribution in [3.63, 3.8) is 0 Å². The molecule has 0 aliphatic carbocycles. The number of thiophene rings is 1. The van der Waals surface area contributed by atoms with E-state index in [9.17, 15) is 9.59 Å². The van der Waals surface area contributed by atoms with E-state index in [-0.39, 0.29) is 11.8 Å². The average molecular weight is 316 g/mol. The number of rotatable bonds is 6. The Labute approximate surface area is 134 Å². The number of hydrogen-bond donors (Lipinski definition) is 1. The molecule has 0 aliphatic heterocycles. The monoisotopic (exact) mass is 316 g/mol. The molecule has 0 spiro atoms. The van der Waals surface area contributed by atoms with Crippen LogP contribution in [0.5, 0.6) is 0 Å². The molecule has 2 amide bonds. The Balaban J connectivity index is 1.85. The van der Waals surface area contributed by atoms with Crippen LogP contribution in [0.15, 0.2) is 41.8 Å². The van der Waals surface area contributed by atoms with E-state index in [4.69, 9.17) is 0 Å². The summed E-state index contributed by atoms with van der Waals surface area (Å²) in [5.41, 5.74) is 2.00. The number of anilines is 1. The molecule has 4 nitrogen and oxygen atoms in total. The zero-order valence-electron chi connectivity index (χ0n) is 12.8. The highest BCUT2D eigenvalue weighted by atomic mass is 32.1. The lowest BCUT2D eigenvalue weighted by Gasteiger charge is -2.21. The van der Waals surface area contributed by atoms with Gasteiger partial charge in [0, 0.05) is 30.6 Å². The molecule has 0 aliphatic rings. The molecule has 2 aromatic rings. The van der Waals surface area contributed by atoms with Crippen LogP contribution in [-0.4, -0.2) is 24.9 Å². The standard InChI is InChI=1S/C17H20N2O2S/c1-13-5-7-15(8-6-13)19(14(2)20)10-9-18-17(21)12-16-4-3-11-22-16/h3-8,11H,9-10,12H2,1-2H3,(H,18,21). The molecule has 0 saturated carbocycles. The van der Waals surface area contributed by atoms with Crippen molar-refractivity contribution in [1.82, 2.24) is 5.32 Å². The molecule has 1 heterocycles. The highest BCUT2D eigenvalue weighted by Gasteiger charge is 2.11. The minimum atomic E-state index is -0.0311. The Bertz CT molecular complexity index is 621. The summed E-state index contributed by atoms with van der Waals surface area (Å²) < 4.78 is 0. The average Bonchev–Trinajstić information content (AvgIpc) is 2.97. The minimum Gasteiger partial charge on any atom is -0.354 e. The van der Waals surface area contributed by atoms with Gasteiger partial charge in [-0.3, -0.25) is 9.59 Å². The van der Waals surface area contributed by atoms with Crippen molar-refractivity contribution < 1.29 is 9.59 Å². The van der Waals surface area contributed by atoms with Gasteiger partial charge in [-0.1, -0.05) is 23.8 Å². The third kappa shape index (κ3) is 4.70. The Morgan fingerprint density at radius 3 is 2.50 bits per heavy atom. The molecule has 0 radical (unpaired) electrons. The van der Waals surface area contributed by atoms with Crippen LogP contribution in [0.2, 0.25) is 0 Å². The lowest BCUT2D eigenvalue weighted by molar-refractivity contribution is -0.120. The van der Waals surface area contributed by atoms with Crippen molar-refractivity contribution in [3.8, 4) is 0 Å². The number of nitrogens with zero attached hydrogens (tertiary/aromatic N) is 1. The summed E-state index contributed by atoms with van der Waals surface area (Å²) in [7, 11) is 0. The van der Waals surface area contributed by atoms with Gasteiger partial charge >= 0.3 is 0 Å². The zero-order chi connectivity index (χ0) is 15.9. The molecule has 1 N–H and O–H groups in total. The topological polar surface area (TPSA) is 49.4 Å². The van der Waals surface area contributed by atoms with E-state index in [0.29, 0.717) is 19.5 Å². The van der Waals surface area contributed by atoms with Crippen LogP contribution >= 0.6 is 11.3 Å². The van der Waals surface area contributed by atoms with Gasteiger partial charge in [0.25, 0.3) is 0 Å². The highest BCUT2D eigenvalue weighted by Crippen LogP contribution is 2.15. The molecule has 2 rings (SSSR count). The van der Waals surface area contributed by atoms with Crippen LogP contribution in [0.1, 0.15) is 17.4 Å². The fourth-order valence-electron chi connectivity index (χ4n) is 2.13. The van der Waals surface area contributed by atoms with Gasteiger partial charge in [-0.15, -0.1) is 11.3 Å². The smallest absolute Gasteiger partial charge is 0.225 e. The lowest BCUT2D eigenvalue weighted by atomic mass is 10.2. The van der Waals surface area contributed by atoms with Crippen molar-refractivity contribution in [1.29, 1.82) is 0 Å². The Kier molecular flexibility index (Phi) is 5.72. The number of hydrogen-bond acceptors (Lipinski definition) is 3. The van der Waals surface area contributed by atoms with Gasteiger partial charge in [0.2, 0.25) is 11.8 Å². The summed E-state index contributed by atoms with van der Waals surface area (Å²) in [4.78, 5) is 26.3. The fourth-order valence-corrected chi connectivity index (χ4v) is 2.84. The largest absolute Gasteiger partial charge is 0.354 e. The maximum atomic E-state index is 11.8. The molecule has 0 saturated heterocycles. The number of carbonyl (C=O) groups is 2. The molecule has 0 unspecified atom stereocenters. The van der Waals surface area contributed by atoms with Gasteiger partial charge in [-0.05, 0) is 30.5 Å². The molecule has 116 valence electrons. The molecule has 0 atom stereocenters. The molecular formula is C17H20N2O2S. The van der Waals surface area contributed by atoms with Crippen molar-refractivity contribution in [2.24, 2.45) is 0 Å². The third-order valence-electron chi connectivity index (χ3n) is 3.30. The Hall–Kier alpha value is -2.14. The van der Waals surface area contributed by atoms with Gasteiger partial charge in [-0.2, -0.15) is 0 Å². The first-order valence-electron chi connectivity index (χ1n) is 7.20. The minimum absolute atomic E-state index is 0.0186. The van der Waals surface area contributed by atoms with Crippen molar-refractivity contribution in [2.75, 3.05) is 18.0 Å². The first-order valence-corrected chi connectivity index (χ1v) is 8.08. The molecule has 1 aromatic heterocycles. The first kappa shape index (κ1) is 16.2. The predicted octanol–water partition coefficient (Wildman–Crippen LogP) is 2.77.